The molecule has 1 aliphatic carbocycles. The minimum Gasteiger partial charge on any atom is -0.478 e. The third-order valence-corrected chi connectivity index (χ3v) is 4.89. The van der Waals surface area contributed by atoms with Gasteiger partial charge in [0.25, 0.3) is 5.91 Å². The molecule has 1 aromatic heterocycles. The van der Waals surface area contributed by atoms with E-state index in [-0.39, 0.29) is 23.6 Å². The summed E-state index contributed by atoms with van der Waals surface area (Å²) in [5.74, 6) is -1.84. The summed E-state index contributed by atoms with van der Waals surface area (Å²) in [6.45, 7) is 0.359. The molecule has 0 spiro atoms. The minimum atomic E-state index is -3.43. The van der Waals surface area contributed by atoms with Gasteiger partial charge >= 0.3 is 5.97 Å². The van der Waals surface area contributed by atoms with E-state index in [1.165, 1.54) is 0 Å². The standard InChI is InChI=1S/C13H18N2O6S/c16-12(11-6-10(8-21-11)13(17)18)14-4-5-22(19,20)15-7-9-2-1-3-9/h6,8-9,15H,1-5,7H2,(H,14,16)(H,17,18). The van der Waals surface area contributed by atoms with Gasteiger partial charge in [0.2, 0.25) is 10.0 Å². The molecule has 1 amide bonds. The molecule has 1 fully saturated rings. The van der Waals surface area contributed by atoms with Crippen molar-refractivity contribution in [1.29, 1.82) is 0 Å². The van der Waals surface area contributed by atoms with E-state index in [4.69, 9.17) is 9.52 Å². The van der Waals surface area contributed by atoms with Crippen molar-refractivity contribution in [1.82, 2.24) is 10.0 Å². The summed E-state index contributed by atoms with van der Waals surface area (Å²) in [6, 6.07) is 1.08. The molecule has 0 unspecified atom stereocenters. The van der Waals surface area contributed by atoms with Crippen LogP contribution in [0.1, 0.15) is 40.2 Å². The molecule has 2 rings (SSSR count). The quantitative estimate of drug-likeness (QED) is 0.634. The number of carboxylic acid groups (broad SMARTS) is 1. The Balaban J connectivity index is 1.74. The Morgan fingerprint density at radius 1 is 1.36 bits per heavy atom. The number of aromatic carboxylic acids is 1. The third kappa shape index (κ3) is 4.57. The highest BCUT2D eigenvalue weighted by Crippen LogP contribution is 2.25. The van der Waals surface area contributed by atoms with Crippen molar-refractivity contribution >= 4 is 21.9 Å². The second kappa shape index (κ2) is 6.93. The van der Waals surface area contributed by atoms with E-state index in [1.54, 1.807) is 0 Å². The topological polar surface area (TPSA) is 126 Å². The Morgan fingerprint density at radius 2 is 2.09 bits per heavy atom. The first-order chi connectivity index (χ1) is 10.4. The van der Waals surface area contributed by atoms with Crippen LogP contribution in [0.3, 0.4) is 0 Å². The molecule has 0 aliphatic heterocycles. The van der Waals surface area contributed by atoms with Crippen molar-refractivity contribution in [2.45, 2.75) is 19.3 Å². The number of amides is 1. The van der Waals surface area contributed by atoms with E-state index < -0.39 is 21.9 Å². The van der Waals surface area contributed by atoms with Gasteiger partial charge < -0.3 is 14.8 Å². The van der Waals surface area contributed by atoms with Crippen molar-refractivity contribution in [3.05, 3.63) is 23.7 Å². The van der Waals surface area contributed by atoms with Gasteiger partial charge in [0.1, 0.15) is 6.26 Å². The fraction of sp³-hybridized carbons (Fsp3) is 0.538. The molecule has 0 radical (unpaired) electrons. The zero-order valence-corrected chi connectivity index (χ0v) is 12.7. The maximum absolute atomic E-state index is 11.7. The fourth-order valence-corrected chi connectivity index (χ4v) is 2.97. The highest BCUT2D eigenvalue weighted by atomic mass is 32.2. The predicted octanol–water partition coefficient (Wildman–Crippen LogP) is 0.427. The average molecular weight is 330 g/mol. The van der Waals surface area contributed by atoms with Crippen LogP contribution in [0, 0.1) is 5.92 Å². The van der Waals surface area contributed by atoms with E-state index in [9.17, 15) is 18.0 Å². The maximum Gasteiger partial charge on any atom is 0.338 e. The SMILES string of the molecule is O=C(O)c1coc(C(=O)NCCS(=O)(=O)NCC2CCC2)c1. The van der Waals surface area contributed by atoms with Crippen LogP contribution in [-0.4, -0.2) is 44.2 Å². The first-order valence-corrected chi connectivity index (χ1v) is 8.60. The first kappa shape index (κ1) is 16.5. The lowest BCUT2D eigenvalue weighted by atomic mass is 9.86. The molecule has 122 valence electrons. The zero-order chi connectivity index (χ0) is 16.2. The molecule has 0 aromatic carbocycles. The van der Waals surface area contributed by atoms with E-state index in [1.807, 2.05) is 0 Å². The molecule has 9 heteroatoms. The molecule has 0 atom stereocenters. The fourth-order valence-electron chi connectivity index (χ4n) is 1.97. The van der Waals surface area contributed by atoms with Gasteiger partial charge in [0, 0.05) is 19.2 Å². The van der Waals surface area contributed by atoms with Crippen LogP contribution in [0.4, 0.5) is 0 Å². The second-order valence-corrected chi connectivity index (χ2v) is 7.15. The molecule has 8 nitrogen and oxygen atoms in total. The molecule has 3 N–H and O–H groups in total. The molecular formula is C13H18N2O6S. The molecule has 1 heterocycles. The summed E-state index contributed by atoms with van der Waals surface area (Å²) in [7, 11) is -3.43. The van der Waals surface area contributed by atoms with Gasteiger partial charge in [0.05, 0.1) is 11.3 Å². The van der Waals surface area contributed by atoms with Gasteiger partial charge in [-0.1, -0.05) is 6.42 Å². The van der Waals surface area contributed by atoms with Gasteiger partial charge in [-0.3, -0.25) is 4.79 Å². The molecule has 1 saturated carbocycles. The summed E-state index contributed by atoms with van der Waals surface area (Å²) in [5.41, 5.74) is -0.139. The predicted molar refractivity (Wildman–Crippen MR) is 77.1 cm³/mol. The van der Waals surface area contributed by atoms with Gasteiger partial charge in [-0.2, -0.15) is 0 Å². The van der Waals surface area contributed by atoms with Crippen LogP contribution in [0.5, 0.6) is 0 Å². The van der Waals surface area contributed by atoms with Gasteiger partial charge in [-0.25, -0.2) is 17.9 Å². The lowest BCUT2D eigenvalue weighted by Crippen LogP contribution is -2.37. The number of carboxylic acids is 1. The molecular weight excluding hydrogens is 312 g/mol. The Hall–Kier alpha value is -1.87. The lowest BCUT2D eigenvalue weighted by Gasteiger charge is -2.25. The number of sulfonamides is 1. The van der Waals surface area contributed by atoms with E-state index in [0.29, 0.717) is 12.5 Å². The van der Waals surface area contributed by atoms with Crippen molar-refractivity contribution in [2.24, 2.45) is 5.92 Å². The molecule has 22 heavy (non-hydrogen) atoms. The Labute approximate surface area is 127 Å². The minimum absolute atomic E-state index is 0.0814. The van der Waals surface area contributed by atoms with Crippen LogP contribution in [0.25, 0.3) is 0 Å². The van der Waals surface area contributed by atoms with Gasteiger partial charge in [-0.15, -0.1) is 0 Å². The zero-order valence-electron chi connectivity index (χ0n) is 11.9. The maximum atomic E-state index is 11.7. The summed E-state index contributed by atoms with van der Waals surface area (Å²) < 4.78 is 30.8. The number of furan rings is 1. The second-order valence-electron chi connectivity index (χ2n) is 5.22. The van der Waals surface area contributed by atoms with E-state index in [2.05, 4.69) is 10.0 Å². The third-order valence-electron chi connectivity index (χ3n) is 3.54. The number of nitrogens with one attached hydrogen (secondary N) is 2. The molecule has 0 bridgehead atoms. The van der Waals surface area contributed by atoms with E-state index in [0.717, 1.165) is 31.6 Å². The summed E-state index contributed by atoms with van der Waals surface area (Å²) in [5, 5.41) is 11.1. The summed E-state index contributed by atoms with van der Waals surface area (Å²) in [4.78, 5) is 22.3. The lowest BCUT2D eigenvalue weighted by molar-refractivity contribution is 0.0695. The van der Waals surface area contributed by atoms with Gasteiger partial charge in [-0.05, 0) is 18.8 Å². The number of carbonyl (C=O) groups excluding carboxylic acids is 1. The Kier molecular flexibility index (Phi) is 5.19. The largest absolute Gasteiger partial charge is 0.478 e. The average Bonchev–Trinajstić information content (AvgIpc) is 2.86. The Bertz CT molecular complexity index is 647. The number of rotatable bonds is 8. The van der Waals surface area contributed by atoms with E-state index >= 15 is 0 Å². The Morgan fingerprint density at radius 3 is 2.64 bits per heavy atom. The van der Waals surface area contributed by atoms with Crippen LogP contribution < -0.4 is 10.0 Å². The molecule has 1 aromatic rings. The van der Waals surface area contributed by atoms with Crippen molar-refractivity contribution in [2.75, 3.05) is 18.8 Å². The first-order valence-electron chi connectivity index (χ1n) is 6.95. The molecule has 0 saturated heterocycles. The van der Waals surface area contributed by atoms with Crippen molar-refractivity contribution in [3.63, 3.8) is 0 Å². The van der Waals surface area contributed by atoms with Crippen LogP contribution >= 0.6 is 0 Å². The van der Waals surface area contributed by atoms with Gasteiger partial charge in [0.15, 0.2) is 5.76 Å². The summed E-state index contributed by atoms with van der Waals surface area (Å²) in [6.07, 6.45) is 4.19. The monoisotopic (exact) mass is 330 g/mol. The highest BCUT2D eigenvalue weighted by molar-refractivity contribution is 7.89. The number of carbonyl (C=O) groups is 2. The normalized spacial score (nSPS) is 15.3. The number of hydrogen-bond acceptors (Lipinski definition) is 5. The smallest absolute Gasteiger partial charge is 0.338 e. The van der Waals surface area contributed by atoms with Crippen LogP contribution in [0.15, 0.2) is 16.7 Å². The summed E-state index contributed by atoms with van der Waals surface area (Å²) >= 11 is 0. The van der Waals surface area contributed by atoms with Crippen LogP contribution in [-0.2, 0) is 10.0 Å². The van der Waals surface area contributed by atoms with Crippen molar-refractivity contribution < 1.29 is 27.5 Å². The molecule has 1 aliphatic rings. The van der Waals surface area contributed by atoms with Crippen LogP contribution in [0.2, 0.25) is 0 Å². The number of hydrogen-bond donors (Lipinski definition) is 3. The van der Waals surface area contributed by atoms with Crippen molar-refractivity contribution in [3.8, 4) is 0 Å². The highest BCUT2D eigenvalue weighted by Gasteiger charge is 2.20.